The summed E-state index contributed by atoms with van der Waals surface area (Å²) >= 11 is 3.35. The van der Waals surface area contributed by atoms with E-state index in [1.807, 2.05) is 36.4 Å². The maximum atomic E-state index is 12.0. The largest absolute Gasteiger partial charge is 0.490 e. The second-order valence-electron chi connectivity index (χ2n) is 5.12. The first kappa shape index (κ1) is 18.7. The lowest BCUT2D eigenvalue weighted by atomic mass is 10.2. The second kappa shape index (κ2) is 9.64. The molecule has 0 saturated carbocycles. The lowest BCUT2D eigenvalue weighted by Gasteiger charge is -2.12. The van der Waals surface area contributed by atoms with Crippen LogP contribution >= 0.6 is 15.9 Å². The Morgan fingerprint density at radius 1 is 1.20 bits per heavy atom. The van der Waals surface area contributed by atoms with Gasteiger partial charge < -0.3 is 9.47 Å². The Bertz CT molecular complexity index is 727. The molecule has 1 atom stereocenters. The predicted octanol–water partition coefficient (Wildman–Crippen LogP) is 3.93. The zero-order chi connectivity index (χ0) is 18.1. The highest BCUT2D eigenvalue weighted by molar-refractivity contribution is 9.10. The number of nitrogens with one attached hydrogen (secondary N) is 1. The van der Waals surface area contributed by atoms with Crippen molar-refractivity contribution in [1.29, 1.82) is 0 Å². The topological polar surface area (TPSA) is 59.9 Å². The summed E-state index contributed by atoms with van der Waals surface area (Å²) in [6, 6.07) is 14.6. The second-order valence-corrected chi connectivity index (χ2v) is 6.03. The van der Waals surface area contributed by atoms with Crippen molar-refractivity contribution in [2.45, 2.75) is 13.0 Å². The van der Waals surface area contributed by atoms with E-state index in [0.717, 1.165) is 15.8 Å². The van der Waals surface area contributed by atoms with Crippen molar-refractivity contribution in [3.63, 3.8) is 0 Å². The first-order valence-electron chi connectivity index (χ1n) is 7.67. The SMILES string of the molecule is C=CCOc1ccc(C=NNC(=O)C(C)Oc2ccc(Br)cc2)cc1. The van der Waals surface area contributed by atoms with Gasteiger partial charge in [0.2, 0.25) is 0 Å². The molecule has 25 heavy (non-hydrogen) atoms. The molecule has 5 nitrogen and oxygen atoms in total. The van der Waals surface area contributed by atoms with E-state index in [9.17, 15) is 4.79 Å². The van der Waals surface area contributed by atoms with Gasteiger partial charge in [-0.3, -0.25) is 4.79 Å². The molecule has 1 amide bonds. The van der Waals surface area contributed by atoms with Crippen molar-refractivity contribution in [3.05, 3.63) is 71.2 Å². The average molecular weight is 403 g/mol. The minimum atomic E-state index is -0.659. The number of nitrogens with zero attached hydrogens (tertiary/aromatic N) is 1. The van der Waals surface area contributed by atoms with Crippen molar-refractivity contribution in [2.75, 3.05) is 6.61 Å². The van der Waals surface area contributed by atoms with Crippen LogP contribution in [0.25, 0.3) is 0 Å². The number of benzene rings is 2. The van der Waals surface area contributed by atoms with Crippen LogP contribution in [-0.4, -0.2) is 24.8 Å². The molecule has 0 aliphatic heterocycles. The number of halogens is 1. The molecule has 1 N–H and O–H groups in total. The summed E-state index contributed by atoms with van der Waals surface area (Å²) < 4.78 is 11.9. The lowest BCUT2D eigenvalue weighted by Crippen LogP contribution is -2.33. The van der Waals surface area contributed by atoms with Crippen molar-refractivity contribution in [3.8, 4) is 11.5 Å². The maximum absolute atomic E-state index is 12.0. The molecule has 1 unspecified atom stereocenters. The maximum Gasteiger partial charge on any atom is 0.280 e. The summed E-state index contributed by atoms with van der Waals surface area (Å²) in [5.41, 5.74) is 3.30. The van der Waals surface area contributed by atoms with Gasteiger partial charge in [-0.25, -0.2) is 5.43 Å². The van der Waals surface area contributed by atoms with Crippen LogP contribution in [0.1, 0.15) is 12.5 Å². The van der Waals surface area contributed by atoms with Crippen LogP contribution in [-0.2, 0) is 4.79 Å². The van der Waals surface area contributed by atoms with E-state index in [4.69, 9.17) is 9.47 Å². The molecule has 0 radical (unpaired) electrons. The molecular formula is C19H19BrN2O3. The summed E-state index contributed by atoms with van der Waals surface area (Å²) in [5, 5.41) is 3.94. The van der Waals surface area contributed by atoms with Gasteiger partial charge in [0.05, 0.1) is 6.21 Å². The quantitative estimate of drug-likeness (QED) is 0.413. The van der Waals surface area contributed by atoms with Gasteiger partial charge in [0.1, 0.15) is 18.1 Å². The molecule has 0 aliphatic rings. The molecule has 0 fully saturated rings. The standard InChI is InChI=1S/C19H19BrN2O3/c1-3-12-24-17-8-4-15(5-9-17)13-21-22-19(23)14(2)25-18-10-6-16(20)7-11-18/h3-11,13-14H,1,12H2,2H3,(H,22,23). The minimum absolute atomic E-state index is 0.329. The third-order valence-electron chi connectivity index (χ3n) is 3.13. The van der Waals surface area contributed by atoms with E-state index >= 15 is 0 Å². The number of amides is 1. The first-order valence-corrected chi connectivity index (χ1v) is 8.46. The number of carbonyl (C=O) groups is 1. The van der Waals surface area contributed by atoms with E-state index in [-0.39, 0.29) is 5.91 Å². The van der Waals surface area contributed by atoms with Crippen molar-refractivity contribution in [1.82, 2.24) is 5.43 Å². The van der Waals surface area contributed by atoms with E-state index < -0.39 is 6.10 Å². The van der Waals surface area contributed by atoms with Crippen LogP contribution in [0.15, 0.2) is 70.8 Å². The number of hydrazone groups is 1. The Balaban J connectivity index is 1.82. The Hall–Kier alpha value is -2.60. The zero-order valence-electron chi connectivity index (χ0n) is 13.8. The zero-order valence-corrected chi connectivity index (χ0v) is 15.4. The Morgan fingerprint density at radius 3 is 2.48 bits per heavy atom. The molecule has 0 heterocycles. The number of hydrogen-bond donors (Lipinski definition) is 1. The van der Waals surface area contributed by atoms with Crippen LogP contribution in [0.3, 0.4) is 0 Å². The van der Waals surface area contributed by atoms with Gasteiger partial charge in [0, 0.05) is 4.47 Å². The van der Waals surface area contributed by atoms with Crippen LogP contribution in [0, 0.1) is 0 Å². The Kier molecular flexibility index (Phi) is 7.22. The summed E-state index contributed by atoms with van der Waals surface area (Å²) in [5.74, 6) is 1.03. The highest BCUT2D eigenvalue weighted by Gasteiger charge is 2.13. The minimum Gasteiger partial charge on any atom is -0.490 e. The summed E-state index contributed by atoms with van der Waals surface area (Å²) in [4.78, 5) is 12.0. The molecule has 0 aliphatic carbocycles. The molecule has 0 saturated heterocycles. The van der Waals surface area contributed by atoms with E-state index in [1.54, 1.807) is 31.3 Å². The lowest BCUT2D eigenvalue weighted by molar-refractivity contribution is -0.127. The van der Waals surface area contributed by atoms with Crippen LogP contribution in [0.4, 0.5) is 0 Å². The van der Waals surface area contributed by atoms with E-state index in [2.05, 4.69) is 33.0 Å². The molecule has 2 aromatic rings. The van der Waals surface area contributed by atoms with Crippen LogP contribution in [0.2, 0.25) is 0 Å². The van der Waals surface area contributed by atoms with Gasteiger partial charge in [0.25, 0.3) is 5.91 Å². The van der Waals surface area contributed by atoms with Gasteiger partial charge in [0.15, 0.2) is 6.10 Å². The monoisotopic (exact) mass is 402 g/mol. The van der Waals surface area contributed by atoms with Crippen molar-refractivity contribution >= 4 is 28.1 Å². The van der Waals surface area contributed by atoms with Crippen LogP contribution < -0.4 is 14.9 Å². The fourth-order valence-corrected chi connectivity index (χ4v) is 2.10. The molecule has 2 aromatic carbocycles. The molecular weight excluding hydrogens is 384 g/mol. The van der Waals surface area contributed by atoms with Gasteiger partial charge in [-0.1, -0.05) is 28.6 Å². The van der Waals surface area contributed by atoms with Gasteiger partial charge in [-0.05, 0) is 61.0 Å². The Labute approximate surface area is 155 Å². The third kappa shape index (κ3) is 6.43. The van der Waals surface area contributed by atoms with Crippen molar-refractivity contribution in [2.24, 2.45) is 5.10 Å². The number of hydrogen-bond acceptors (Lipinski definition) is 4. The van der Waals surface area contributed by atoms with Crippen molar-refractivity contribution < 1.29 is 14.3 Å². The molecule has 130 valence electrons. The van der Waals surface area contributed by atoms with Gasteiger partial charge in [-0.15, -0.1) is 0 Å². The molecule has 0 bridgehead atoms. The number of ether oxygens (including phenoxy) is 2. The fraction of sp³-hybridized carbons (Fsp3) is 0.158. The molecule has 6 heteroatoms. The summed E-state index contributed by atoms with van der Waals surface area (Å²) in [6.45, 7) is 5.72. The molecule has 0 spiro atoms. The average Bonchev–Trinajstić information content (AvgIpc) is 2.62. The van der Waals surface area contributed by atoms with E-state index in [1.165, 1.54) is 0 Å². The summed E-state index contributed by atoms with van der Waals surface area (Å²) in [6.07, 6.45) is 2.58. The Morgan fingerprint density at radius 2 is 1.84 bits per heavy atom. The van der Waals surface area contributed by atoms with Crippen LogP contribution in [0.5, 0.6) is 11.5 Å². The molecule has 0 aromatic heterocycles. The number of rotatable bonds is 8. The van der Waals surface area contributed by atoms with E-state index in [0.29, 0.717) is 12.4 Å². The molecule has 2 rings (SSSR count). The first-order chi connectivity index (χ1) is 12.1. The van der Waals surface area contributed by atoms with Gasteiger partial charge in [-0.2, -0.15) is 5.10 Å². The summed E-state index contributed by atoms with van der Waals surface area (Å²) in [7, 11) is 0. The smallest absolute Gasteiger partial charge is 0.280 e. The van der Waals surface area contributed by atoms with Gasteiger partial charge >= 0.3 is 0 Å². The normalized spacial score (nSPS) is 11.8. The third-order valence-corrected chi connectivity index (χ3v) is 3.66. The highest BCUT2D eigenvalue weighted by atomic mass is 79.9. The predicted molar refractivity (Wildman–Crippen MR) is 102 cm³/mol. The highest BCUT2D eigenvalue weighted by Crippen LogP contribution is 2.17. The number of carbonyl (C=O) groups excluding carboxylic acids is 1. The fourth-order valence-electron chi connectivity index (χ4n) is 1.84.